The minimum Gasteiger partial charge on any atom is -0.412 e. The van der Waals surface area contributed by atoms with E-state index < -0.39 is 0 Å². The van der Waals surface area contributed by atoms with Crippen LogP contribution in [-0.4, -0.2) is 44.1 Å². The van der Waals surface area contributed by atoms with Crippen LogP contribution in [0.5, 0.6) is 0 Å². The molecule has 2 atom stereocenters. The van der Waals surface area contributed by atoms with Crippen molar-refractivity contribution in [2.45, 2.75) is 65.0 Å². The molecule has 2 aromatic rings. The Morgan fingerprint density at radius 3 is 2.64 bits per heavy atom. The third-order valence-corrected chi connectivity index (χ3v) is 5.15. The molecule has 2 heterocycles. The molecule has 0 radical (unpaired) electrons. The molecule has 3 rings (SSSR count). The Bertz CT molecular complexity index is 935. The van der Waals surface area contributed by atoms with Crippen molar-refractivity contribution < 1.29 is 6.90 Å². The van der Waals surface area contributed by atoms with E-state index >= 15 is 0 Å². The number of aromatic nitrogens is 3. The summed E-state index contributed by atoms with van der Waals surface area (Å²) in [5.41, 5.74) is 7.22. The molecule has 0 bridgehead atoms. The molecule has 1 saturated carbocycles. The SMILES string of the molecule is C=CCC(/C=C/n1cnc(C(C)C)c1)C(C)Nc1cccc(C(C)=N)n1.NC=NC1CC1.O.[HH]. The monoisotopic (exact) mass is 455 g/mol. The van der Waals surface area contributed by atoms with Crippen molar-refractivity contribution in [2.24, 2.45) is 16.6 Å². The molecule has 8 heteroatoms. The summed E-state index contributed by atoms with van der Waals surface area (Å²) in [5.74, 6) is 1.47. The second-order valence-electron chi connectivity index (χ2n) is 8.43. The number of hydrogen-bond acceptors (Lipinski definition) is 5. The van der Waals surface area contributed by atoms with Crippen LogP contribution in [-0.2, 0) is 0 Å². The molecule has 6 N–H and O–H groups in total. The molecule has 0 spiro atoms. The fourth-order valence-corrected chi connectivity index (χ4v) is 2.99. The topological polar surface area (TPSA) is 136 Å². The first kappa shape index (κ1) is 27.8. The molecule has 2 unspecified atom stereocenters. The van der Waals surface area contributed by atoms with Gasteiger partial charge in [0.2, 0.25) is 0 Å². The molecule has 1 aliphatic rings. The Hall–Kier alpha value is -3.26. The Morgan fingerprint density at radius 1 is 1.39 bits per heavy atom. The van der Waals surface area contributed by atoms with Crippen molar-refractivity contribution in [1.29, 1.82) is 5.41 Å². The van der Waals surface area contributed by atoms with Crippen molar-refractivity contribution >= 4 is 24.1 Å². The third kappa shape index (κ3) is 9.82. The Morgan fingerprint density at radius 2 is 2.12 bits per heavy atom. The predicted octanol–water partition coefficient (Wildman–Crippen LogP) is 4.51. The number of nitrogens with one attached hydrogen (secondary N) is 2. The fraction of sp³-hybridized carbons (Fsp3) is 0.440. The van der Waals surface area contributed by atoms with Crippen LogP contribution in [0.2, 0.25) is 0 Å². The van der Waals surface area contributed by atoms with Crippen LogP contribution in [0.1, 0.15) is 65.7 Å². The summed E-state index contributed by atoms with van der Waals surface area (Å²) in [7, 11) is 0. The van der Waals surface area contributed by atoms with Crippen LogP contribution in [0, 0.1) is 11.3 Å². The van der Waals surface area contributed by atoms with Crippen molar-refractivity contribution in [1.82, 2.24) is 14.5 Å². The number of allylic oxidation sites excluding steroid dienone is 1. The molecule has 1 aliphatic carbocycles. The minimum atomic E-state index is 0. The summed E-state index contributed by atoms with van der Waals surface area (Å²) in [5, 5.41) is 11.2. The van der Waals surface area contributed by atoms with Gasteiger partial charge in [-0.3, -0.25) is 4.99 Å². The van der Waals surface area contributed by atoms with Crippen LogP contribution < -0.4 is 11.1 Å². The summed E-state index contributed by atoms with van der Waals surface area (Å²) >= 11 is 0. The van der Waals surface area contributed by atoms with E-state index in [0.717, 1.165) is 17.9 Å². The maximum atomic E-state index is 7.73. The molecule has 182 valence electrons. The van der Waals surface area contributed by atoms with Gasteiger partial charge in [-0.1, -0.05) is 32.1 Å². The summed E-state index contributed by atoms with van der Waals surface area (Å²) in [6.07, 6.45) is 14.8. The number of anilines is 1. The lowest BCUT2D eigenvalue weighted by molar-refractivity contribution is 0.572. The zero-order valence-electron chi connectivity index (χ0n) is 20.2. The van der Waals surface area contributed by atoms with Gasteiger partial charge in [0, 0.05) is 25.8 Å². The smallest absolute Gasteiger partial charge is 0.126 e. The standard InChI is InChI=1S/C21H29N5.C4H8N2.H2O.H2/c1-6-8-18(11-12-26-13-20(15(2)3)23-14-26)17(5)24-21-10-7-9-19(25-21)16(4)22;5-3-6-4-1-2-4;;/h6-7,9-15,17-18,22H,1,8H2,2-5H3,(H,24,25);3-4H,1-2H2,(H2,5,6);1H2;1H/b12-11+,22-16?;;;. The van der Waals surface area contributed by atoms with E-state index in [-0.39, 0.29) is 18.9 Å². The molecule has 0 amide bonds. The van der Waals surface area contributed by atoms with E-state index in [1.807, 2.05) is 35.2 Å². The Labute approximate surface area is 199 Å². The Balaban J connectivity index is 0.00000118. The van der Waals surface area contributed by atoms with Gasteiger partial charge in [-0.25, -0.2) is 9.97 Å². The van der Waals surface area contributed by atoms with Gasteiger partial charge in [-0.15, -0.1) is 6.58 Å². The van der Waals surface area contributed by atoms with Gasteiger partial charge in [0.15, 0.2) is 0 Å². The number of pyridine rings is 1. The quantitative estimate of drug-likeness (QED) is 0.276. The van der Waals surface area contributed by atoms with Crippen molar-refractivity contribution in [3.8, 4) is 0 Å². The van der Waals surface area contributed by atoms with Gasteiger partial charge < -0.3 is 26.5 Å². The van der Waals surface area contributed by atoms with E-state index in [4.69, 9.17) is 11.1 Å². The largest absolute Gasteiger partial charge is 0.412 e. The summed E-state index contributed by atoms with van der Waals surface area (Å²) in [6.45, 7) is 12.0. The number of nitrogens with two attached hydrogens (primary N) is 1. The highest BCUT2D eigenvalue weighted by atomic mass is 16.0. The number of imidazole rings is 1. The highest BCUT2D eigenvalue weighted by Gasteiger charge is 2.18. The van der Waals surface area contributed by atoms with Gasteiger partial charge in [0.1, 0.15) is 5.82 Å². The first-order valence-electron chi connectivity index (χ1n) is 11.2. The van der Waals surface area contributed by atoms with Crippen LogP contribution in [0.25, 0.3) is 6.20 Å². The number of nitrogens with zero attached hydrogens (tertiary/aromatic N) is 4. The number of hydrogen-bond donors (Lipinski definition) is 3. The van der Waals surface area contributed by atoms with Gasteiger partial charge in [0.05, 0.1) is 35.8 Å². The third-order valence-electron chi connectivity index (χ3n) is 5.15. The van der Waals surface area contributed by atoms with Gasteiger partial charge in [-0.05, 0) is 51.2 Å². The first-order valence-corrected chi connectivity index (χ1v) is 11.2. The molecular formula is C25H41N7O. The molecule has 1 fully saturated rings. The highest BCUT2D eigenvalue weighted by molar-refractivity contribution is 5.94. The van der Waals surface area contributed by atoms with Gasteiger partial charge in [0.25, 0.3) is 0 Å². The van der Waals surface area contributed by atoms with Crippen molar-refractivity contribution in [2.75, 3.05) is 5.32 Å². The van der Waals surface area contributed by atoms with E-state index in [0.29, 0.717) is 23.4 Å². The van der Waals surface area contributed by atoms with E-state index in [9.17, 15) is 0 Å². The molecule has 0 aliphatic heterocycles. The van der Waals surface area contributed by atoms with E-state index in [1.54, 1.807) is 6.92 Å². The molecule has 0 saturated heterocycles. The zero-order chi connectivity index (χ0) is 23.5. The molecular weight excluding hydrogens is 414 g/mol. The van der Waals surface area contributed by atoms with Gasteiger partial charge in [-0.2, -0.15) is 0 Å². The highest BCUT2D eigenvalue weighted by Crippen LogP contribution is 2.22. The maximum absolute atomic E-state index is 7.73. The summed E-state index contributed by atoms with van der Waals surface area (Å²) < 4.78 is 2.00. The minimum absolute atomic E-state index is 0. The fourth-order valence-electron chi connectivity index (χ4n) is 2.99. The lowest BCUT2D eigenvalue weighted by Crippen LogP contribution is -2.25. The van der Waals surface area contributed by atoms with E-state index in [1.165, 1.54) is 19.2 Å². The van der Waals surface area contributed by atoms with Crippen LogP contribution in [0.3, 0.4) is 0 Å². The summed E-state index contributed by atoms with van der Waals surface area (Å²) in [4.78, 5) is 12.8. The maximum Gasteiger partial charge on any atom is 0.126 e. The van der Waals surface area contributed by atoms with Crippen molar-refractivity contribution in [3.05, 3.63) is 60.8 Å². The molecule has 2 aromatic heterocycles. The van der Waals surface area contributed by atoms with Crippen LogP contribution in [0.15, 0.2) is 54.4 Å². The molecule has 0 aromatic carbocycles. The second kappa shape index (κ2) is 14.0. The first-order chi connectivity index (χ1) is 15.3. The average Bonchev–Trinajstić information content (AvgIpc) is 3.45. The van der Waals surface area contributed by atoms with Crippen molar-refractivity contribution in [3.63, 3.8) is 0 Å². The number of aliphatic imine (C=N–C) groups is 1. The van der Waals surface area contributed by atoms with Gasteiger partial charge >= 0.3 is 0 Å². The average molecular weight is 456 g/mol. The lowest BCUT2D eigenvalue weighted by atomic mass is 9.97. The number of rotatable bonds is 10. The Kier molecular flexibility index (Phi) is 11.8. The van der Waals surface area contributed by atoms with Crippen LogP contribution >= 0.6 is 0 Å². The van der Waals surface area contributed by atoms with E-state index in [2.05, 4.69) is 66.1 Å². The zero-order valence-corrected chi connectivity index (χ0v) is 20.2. The summed E-state index contributed by atoms with van der Waals surface area (Å²) in [6, 6.07) is 6.47. The molecule has 33 heavy (non-hydrogen) atoms. The molecule has 8 nitrogen and oxygen atoms in total. The van der Waals surface area contributed by atoms with Crippen LogP contribution in [0.4, 0.5) is 5.82 Å². The predicted molar refractivity (Wildman–Crippen MR) is 141 cm³/mol. The second-order valence-corrected chi connectivity index (χ2v) is 8.43. The lowest BCUT2D eigenvalue weighted by Gasteiger charge is -2.22. The normalized spacial score (nSPS) is 14.9.